The summed E-state index contributed by atoms with van der Waals surface area (Å²) in [6, 6.07) is 21.1. The van der Waals surface area contributed by atoms with Gasteiger partial charge in [-0.05, 0) is 68.7 Å². The predicted octanol–water partition coefficient (Wildman–Crippen LogP) is 5.18. The predicted molar refractivity (Wildman–Crippen MR) is 152 cm³/mol. The molecule has 0 aliphatic carbocycles. The Morgan fingerprint density at radius 2 is 1.61 bits per heavy atom. The molecule has 0 saturated carbocycles. The molecule has 1 N–H and O–H groups in total. The maximum absolute atomic E-state index is 14.0. The minimum atomic E-state index is -4.09. The Balaban J connectivity index is 2.07. The second-order valence-electron chi connectivity index (χ2n) is 9.36. The fourth-order valence-electron chi connectivity index (χ4n) is 4.14. The monoisotopic (exact) mass is 555 g/mol. The second-order valence-corrected chi connectivity index (χ2v) is 11.6. The van der Waals surface area contributed by atoms with E-state index in [2.05, 4.69) is 5.32 Å². The zero-order valence-corrected chi connectivity index (χ0v) is 23.7. The van der Waals surface area contributed by atoms with Crippen molar-refractivity contribution < 1.29 is 18.0 Å². The van der Waals surface area contributed by atoms with Crippen molar-refractivity contribution in [3.05, 3.63) is 95.0 Å². The lowest BCUT2D eigenvalue weighted by Gasteiger charge is -2.33. The van der Waals surface area contributed by atoms with E-state index >= 15 is 0 Å². The number of sulfonamides is 1. The Labute approximate surface area is 230 Å². The molecule has 0 fully saturated rings. The first kappa shape index (κ1) is 29.2. The summed E-state index contributed by atoms with van der Waals surface area (Å²) >= 11 is 6.41. The van der Waals surface area contributed by atoms with E-state index in [0.717, 1.165) is 9.87 Å². The lowest BCUT2D eigenvalue weighted by atomic mass is 10.1. The van der Waals surface area contributed by atoms with E-state index in [0.29, 0.717) is 22.7 Å². The summed E-state index contributed by atoms with van der Waals surface area (Å²) < 4.78 is 28.7. The number of hydrogen-bond donors (Lipinski definition) is 1. The highest BCUT2D eigenvalue weighted by molar-refractivity contribution is 7.92. The largest absolute Gasteiger partial charge is 0.352 e. The van der Waals surface area contributed by atoms with Crippen LogP contribution < -0.4 is 9.62 Å². The highest BCUT2D eigenvalue weighted by atomic mass is 35.5. The Bertz CT molecular complexity index is 1360. The minimum absolute atomic E-state index is 0.0512. The van der Waals surface area contributed by atoms with E-state index in [1.165, 1.54) is 17.0 Å². The first-order chi connectivity index (χ1) is 18.0. The third-order valence-corrected chi connectivity index (χ3v) is 8.17. The van der Waals surface area contributed by atoms with Crippen molar-refractivity contribution in [3.63, 3.8) is 0 Å². The quantitative estimate of drug-likeness (QED) is 0.353. The molecule has 3 rings (SSSR count). The Hall–Kier alpha value is -3.36. The number of amides is 2. The van der Waals surface area contributed by atoms with Gasteiger partial charge in [-0.25, -0.2) is 8.42 Å². The van der Waals surface area contributed by atoms with Crippen LogP contribution in [0.5, 0.6) is 0 Å². The molecule has 0 spiro atoms. The van der Waals surface area contributed by atoms with Crippen LogP contribution in [0.3, 0.4) is 0 Å². The van der Waals surface area contributed by atoms with Crippen LogP contribution in [0.1, 0.15) is 38.3 Å². The number of carbonyl (C=O) groups is 2. The standard InChI is InChI=1S/C29H34ClN3O4S/c1-5-27(29(35)31-21(2)3)32(19-23-13-9-10-17-26(23)30)28(34)20-33(24-14-11-12-22(4)18-24)38(36,37)25-15-7-6-8-16-25/h6-18,21,27H,5,19-20H2,1-4H3,(H,31,35). The molecule has 3 aromatic rings. The Kier molecular flexibility index (Phi) is 9.94. The summed E-state index contributed by atoms with van der Waals surface area (Å²) in [5.41, 5.74) is 1.87. The van der Waals surface area contributed by atoms with Crippen molar-refractivity contribution >= 4 is 39.1 Å². The van der Waals surface area contributed by atoms with Crippen LogP contribution in [-0.4, -0.2) is 43.8 Å². The molecule has 0 aliphatic heterocycles. The number of halogens is 1. The fourth-order valence-corrected chi connectivity index (χ4v) is 5.76. The molecule has 3 aromatic carbocycles. The number of nitrogens with one attached hydrogen (secondary N) is 1. The maximum atomic E-state index is 14.0. The molecule has 0 heterocycles. The number of nitrogens with zero attached hydrogens (tertiary/aromatic N) is 2. The Morgan fingerprint density at radius 3 is 2.21 bits per heavy atom. The van der Waals surface area contributed by atoms with E-state index in [-0.39, 0.29) is 23.4 Å². The van der Waals surface area contributed by atoms with Gasteiger partial charge in [0.15, 0.2) is 0 Å². The Morgan fingerprint density at radius 1 is 0.947 bits per heavy atom. The first-order valence-corrected chi connectivity index (χ1v) is 14.3. The van der Waals surface area contributed by atoms with E-state index in [9.17, 15) is 18.0 Å². The molecule has 9 heteroatoms. The van der Waals surface area contributed by atoms with Crippen molar-refractivity contribution in [2.45, 2.75) is 57.6 Å². The van der Waals surface area contributed by atoms with E-state index in [1.807, 2.05) is 33.8 Å². The van der Waals surface area contributed by atoms with Gasteiger partial charge in [-0.2, -0.15) is 0 Å². The molecule has 0 aliphatic rings. The highest BCUT2D eigenvalue weighted by Gasteiger charge is 2.34. The van der Waals surface area contributed by atoms with Gasteiger partial charge in [0, 0.05) is 17.6 Å². The van der Waals surface area contributed by atoms with Gasteiger partial charge in [-0.3, -0.25) is 13.9 Å². The van der Waals surface area contributed by atoms with Gasteiger partial charge in [-0.1, -0.05) is 67.1 Å². The third-order valence-electron chi connectivity index (χ3n) is 6.02. The van der Waals surface area contributed by atoms with E-state index in [4.69, 9.17) is 11.6 Å². The van der Waals surface area contributed by atoms with Gasteiger partial charge < -0.3 is 10.2 Å². The summed E-state index contributed by atoms with van der Waals surface area (Å²) in [5, 5.41) is 3.34. The third kappa shape index (κ3) is 7.14. The summed E-state index contributed by atoms with van der Waals surface area (Å²) in [6.07, 6.45) is 0.338. The van der Waals surface area contributed by atoms with Crippen LogP contribution in [0.25, 0.3) is 0 Å². The molecule has 2 amide bonds. The number of carbonyl (C=O) groups excluding carboxylic acids is 2. The zero-order valence-electron chi connectivity index (χ0n) is 22.1. The van der Waals surface area contributed by atoms with Gasteiger partial charge in [0.05, 0.1) is 10.6 Å². The first-order valence-electron chi connectivity index (χ1n) is 12.5. The van der Waals surface area contributed by atoms with Gasteiger partial charge in [0.25, 0.3) is 10.0 Å². The molecule has 1 unspecified atom stereocenters. The van der Waals surface area contributed by atoms with Crippen LogP contribution >= 0.6 is 11.6 Å². The van der Waals surface area contributed by atoms with Gasteiger partial charge in [-0.15, -0.1) is 0 Å². The number of rotatable bonds is 11. The number of anilines is 1. The van der Waals surface area contributed by atoms with Crippen LogP contribution in [0.4, 0.5) is 5.69 Å². The lowest BCUT2D eigenvalue weighted by molar-refractivity contribution is -0.140. The van der Waals surface area contributed by atoms with Gasteiger partial charge >= 0.3 is 0 Å². The number of benzene rings is 3. The average Bonchev–Trinajstić information content (AvgIpc) is 2.88. The molecule has 0 radical (unpaired) electrons. The molecule has 0 bridgehead atoms. The van der Waals surface area contributed by atoms with Crippen LogP contribution in [0.15, 0.2) is 83.8 Å². The van der Waals surface area contributed by atoms with Gasteiger partial charge in [0.1, 0.15) is 12.6 Å². The molecule has 7 nitrogen and oxygen atoms in total. The van der Waals surface area contributed by atoms with Crippen LogP contribution in [-0.2, 0) is 26.2 Å². The van der Waals surface area contributed by atoms with Crippen molar-refractivity contribution in [3.8, 4) is 0 Å². The summed E-state index contributed by atoms with van der Waals surface area (Å²) in [5.74, 6) is -0.826. The van der Waals surface area contributed by atoms with Crippen molar-refractivity contribution in [2.75, 3.05) is 10.8 Å². The summed E-state index contributed by atoms with van der Waals surface area (Å²) in [7, 11) is -4.09. The van der Waals surface area contributed by atoms with Crippen molar-refractivity contribution in [1.82, 2.24) is 10.2 Å². The lowest BCUT2D eigenvalue weighted by Crippen LogP contribution is -2.53. The molecule has 0 aromatic heterocycles. The summed E-state index contributed by atoms with van der Waals surface area (Å²) in [6.45, 7) is 6.92. The highest BCUT2D eigenvalue weighted by Crippen LogP contribution is 2.26. The number of hydrogen-bond acceptors (Lipinski definition) is 4. The minimum Gasteiger partial charge on any atom is -0.352 e. The van der Waals surface area contributed by atoms with Gasteiger partial charge in [0.2, 0.25) is 11.8 Å². The molecule has 38 heavy (non-hydrogen) atoms. The fraction of sp³-hybridized carbons (Fsp3) is 0.310. The topological polar surface area (TPSA) is 86.8 Å². The summed E-state index contributed by atoms with van der Waals surface area (Å²) in [4.78, 5) is 28.6. The van der Waals surface area contributed by atoms with Crippen LogP contribution in [0.2, 0.25) is 5.02 Å². The molecular weight excluding hydrogens is 522 g/mol. The van der Waals surface area contributed by atoms with Crippen LogP contribution in [0, 0.1) is 6.92 Å². The normalized spacial score (nSPS) is 12.2. The average molecular weight is 556 g/mol. The maximum Gasteiger partial charge on any atom is 0.264 e. The smallest absolute Gasteiger partial charge is 0.264 e. The van der Waals surface area contributed by atoms with Crippen molar-refractivity contribution in [1.29, 1.82) is 0 Å². The molecular formula is C29H34ClN3O4S. The molecule has 0 saturated heterocycles. The molecule has 1 atom stereocenters. The zero-order chi connectivity index (χ0) is 27.9. The SMILES string of the molecule is CCC(C(=O)NC(C)C)N(Cc1ccccc1Cl)C(=O)CN(c1cccc(C)c1)S(=O)(=O)c1ccccc1. The van der Waals surface area contributed by atoms with E-state index < -0.39 is 28.5 Å². The van der Waals surface area contributed by atoms with E-state index in [1.54, 1.807) is 60.7 Å². The second kappa shape index (κ2) is 12.9. The van der Waals surface area contributed by atoms with Crippen molar-refractivity contribution in [2.24, 2.45) is 0 Å². The number of aryl methyl sites for hydroxylation is 1. The molecule has 202 valence electrons.